The number of rotatable bonds is 3. The highest BCUT2D eigenvalue weighted by Gasteiger charge is 2.37. The first-order chi connectivity index (χ1) is 10.9. The van der Waals surface area contributed by atoms with Gasteiger partial charge >= 0.3 is 0 Å². The van der Waals surface area contributed by atoms with Crippen LogP contribution in [0.3, 0.4) is 0 Å². The van der Waals surface area contributed by atoms with Crippen molar-refractivity contribution in [2.24, 2.45) is 0 Å². The summed E-state index contributed by atoms with van der Waals surface area (Å²) in [5, 5.41) is 0. The van der Waals surface area contributed by atoms with Crippen LogP contribution >= 0.6 is 12.2 Å². The maximum Gasteiger partial charge on any atom is 0.258 e. The third-order valence-corrected chi connectivity index (χ3v) is 5.19. The van der Waals surface area contributed by atoms with E-state index in [1.54, 1.807) is 4.57 Å². The van der Waals surface area contributed by atoms with Gasteiger partial charge in [-0.05, 0) is 37.5 Å². The number of aromatic amines is 1. The fourth-order valence-corrected chi connectivity index (χ4v) is 3.72. The number of hydrogen-bond acceptors (Lipinski definition) is 2. The van der Waals surface area contributed by atoms with E-state index in [1.807, 2.05) is 13.0 Å². The normalized spacial score (nSPS) is 19.1. The van der Waals surface area contributed by atoms with E-state index in [0.717, 1.165) is 35.2 Å². The van der Waals surface area contributed by atoms with E-state index in [-0.39, 0.29) is 11.0 Å². The predicted molar refractivity (Wildman–Crippen MR) is 97.5 cm³/mol. The van der Waals surface area contributed by atoms with Crippen LogP contribution in [0.25, 0.3) is 11.3 Å². The highest BCUT2D eigenvalue weighted by atomic mass is 32.1. The molecule has 23 heavy (non-hydrogen) atoms. The van der Waals surface area contributed by atoms with Gasteiger partial charge in [-0.25, -0.2) is 0 Å². The molecule has 0 spiro atoms. The van der Waals surface area contributed by atoms with Crippen molar-refractivity contribution in [3.8, 4) is 11.3 Å². The Bertz CT molecular complexity index is 906. The van der Waals surface area contributed by atoms with Crippen LogP contribution in [0, 0.1) is 4.77 Å². The molecule has 1 atom stereocenters. The molecular weight excluding hydrogens is 304 g/mol. The summed E-state index contributed by atoms with van der Waals surface area (Å²) in [6, 6.07) is 8.27. The lowest BCUT2D eigenvalue weighted by Crippen LogP contribution is -2.39. The number of allylic oxidation sites excluding steroid dienone is 1. The Labute approximate surface area is 141 Å². The zero-order valence-electron chi connectivity index (χ0n) is 13.9. The van der Waals surface area contributed by atoms with E-state index in [0.29, 0.717) is 11.3 Å². The van der Waals surface area contributed by atoms with Gasteiger partial charge in [0.1, 0.15) is 0 Å². The Hall–Kier alpha value is -1.94. The monoisotopic (exact) mass is 326 g/mol. The number of H-pyrrole nitrogens is 1. The van der Waals surface area contributed by atoms with E-state index in [9.17, 15) is 4.79 Å². The third kappa shape index (κ3) is 2.51. The molecule has 0 saturated carbocycles. The van der Waals surface area contributed by atoms with Crippen LogP contribution in [-0.4, -0.2) is 9.55 Å². The summed E-state index contributed by atoms with van der Waals surface area (Å²) in [5.41, 5.74) is 4.87. The van der Waals surface area contributed by atoms with Gasteiger partial charge in [0.15, 0.2) is 4.77 Å². The molecule has 1 aliphatic carbocycles. The first-order valence-corrected chi connectivity index (χ1v) is 8.38. The largest absolute Gasteiger partial charge is 0.331 e. The van der Waals surface area contributed by atoms with Gasteiger partial charge in [-0.3, -0.25) is 9.36 Å². The minimum Gasteiger partial charge on any atom is -0.331 e. The van der Waals surface area contributed by atoms with Gasteiger partial charge in [-0.1, -0.05) is 50.3 Å². The molecule has 0 aliphatic heterocycles. The molecule has 3 nitrogen and oxygen atoms in total. The van der Waals surface area contributed by atoms with Crippen molar-refractivity contribution in [3.05, 3.63) is 62.7 Å². The molecule has 1 N–H and O–H groups in total. The summed E-state index contributed by atoms with van der Waals surface area (Å²) in [6.07, 6.45) is 1.78. The lowest BCUT2D eigenvalue weighted by Gasteiger charge is -2.35. The number of hydrogen-bond donors (Lipinski definition) is 1. The average Bonchev–Trinajstić information content (AvgIpc) is 2.50. The topological polar surface area (TPSA) is 37.8 Å². The zero-order valence-corrected chi connectivity index (χ0v) is 14.7. The van der Waals surface area contributed by atoms with Crippen LogP contribution in [0.1, 0.15) is 38.3 Å². The third-order valence-electron chi connectivity index (χ3n) is 4.87. The van der Waals surface area contributed by atoms with Crippen molar-refractivity contribution in [1.82, 2.24) is 9.55 Å². The molecule has 120 valence electrons. The number of aromatic nitrogens is 2. The molecule has 4 heteroatoms. The minimum atomic E-state index is -0.183. The van der Waals surface area contributed by atoms with Crippen molar-refractivity contribution in [2.75, 3.05) is 0 Å². The van der Waals surface area contributed by atoms with Crippen molar-refractivity contribution in [3.63, 3.8) is 0 Å². The fraction of sp³-hybridized carbons (Fsp3) is 0.368. The number of fused-ring (bicyclic) bond motifs is 3. The SMILES string of the molecule is C=C(C)Cn1c(=S)[nH]c2c(c1=O)C(C)(CC)Cc1ccccc1-2. The lowest BCUT2D eigenvalue weighted by molar-refractivity contribution is 0.434. The second-order valence-electron chi connectivity index (χ2n) is 6.78. The van der Waals surface area contributed by atoms with Gasteiger partial charge in [-0.15, -0.1) is 0 Å². The van der Waals surface area contributed by atoms with Crippen molar-refractivity contribution >= 4 is 12.2 Å². The minimum absolute atomic E-state index is 0.0191. The molecule has 1 aliphatic rings. The van der Waals surface area contributed by atoms with Gasteiger partial charge in [0, 0.05) is 23.1 Å². The Kier molecular flexibility index (Phi) is 3.88. The zero-order chi connectivity index (χ0) is 16.8. The van der Waals surface area contributed by atoms with Gasteiger partial charge in [-0.2, -0.15) is 0 Å². The van der Waals surface area contributed by atoms with Crippen LogP contribution in [0.15, 0.2) is 41.2 Å². The van der Waals surface area contributed by atoms with Crippen molar-refractivity contribution < 1.29 is 0 Å². The summed E-state index contributed by atoms with van der Waals surface area (Å²) >= 11 is 5.45. The standard InChI is InChI=1S/C19H22N2OS/c1-5-19(4)10-13-8-6-7-9-14(13)16-15(19)17(22)21(11-12(2)3)18(23)20-16/h6-9H,2,5,10-11H2,1,3-4H3,(H,20,23). The van der Waals surface area contributed by atoms with Crippen molar-refractivity contribution in [2.45, 2.75) is 45.6 Å². The van der Waals surface area contributed by atoms with Crippen molar-refractivity contribution in [1.29, 1.82) is 0 Å². The molecule has 0 radical (unpaired) electrons. The Morgan fingerprint density at radius 3 is 2.78 bits per heavy atom. The van der Waals surface area contributed by atoms with Gasteiger partial charge in [0.25, 0.3) is 5.56 Å². The Balaban J connectivity index is 2.39. The van der Waals surface area contributed by atoms with E-state index < -0.39 is 0 Å². The maximum absolute atomic E-state index is 13.2. The smallest absolute Gasteiger partial charge is 0.258 e. The Morgan fingerprint density at radius 2 is 2.13 bits per heavy atom. The highest BCUT2D eigenvalue weighted by molar-refractivity contribution is 7.71. The van der Waals surface area contributed by atoms with E-state index >= 15 is 0 Å². The molecule has 0 bridgehead atoms. The molecule has 1 unspecified atom stereocenters. The summed E-state index contributed by atoms with van der Waals surface area (Å²) in [4.78, 5) is 16.5. The van der Waals surface area contributed by atoms with Crippen LogP contribution in [0.2, 0.25) is 0 Å². The molecule has 1 aromatic heterocycles. The number of benzene rings is 1. The lowest BCUT2D eigenvalue weighted by atomic mass is 9.69. The van der Waals surface area contributed by atoms with Crippen LogP contribution in [-0.2, 0) is 18.4 Å². The summed E-state index contributed by atoms with van der Waals surface area (Å²) in [5.74, 6) is 0. The summed E-state index contributed by atoms with van der Waals surface area (Å²) in [7, 11) is 0. The first-order valence-electron chi connectivity index (χ1n) is 7.97. The maximum atomic E-state index is 13.2. The molecule has 0 fully saturated rings. The van der Waals surface area contributed by atoms with Gasteiger partial charge in [0.05, 0.1) is 5.69 Å². The number of nitrogens with one attached hydrogen (secondary N) is 1. The highest BCUT2D eigenvalue weighted by Crippen LogP contribution is 2.42. The quantitative estimate of drug-likeness (QED) is 0.672. The van der Waals surface area contributed by atoms with E-state index in [4.69, 9.17) is 12.2 Å². The molecular formula is C19H22N2OS. The molecule has 0 amide bonds. The van der Waals surface area contributed by atoms with E-state index in [1.165, 1.54) is 5.56 Å². The van der Waals surface area contributed by atoms with Crippen LogP contribution < -0.4 is 5.56 Å². The summed E-state index contributed by atoms with van der Waals surface area (Å²) < 4.78 is 2.10. The average molecular weight is 326 g/mol. The van der Waals surface area contributed by atoms with Gasteiger partial charge in [0.2, 0.25) is 0 Å². The molecule has 3 rings (SSSR count). The van der Waals surface area contributed by atoms with E-state index in [2.05, 4.69) is 43.6 Å². The van der Waals surface area contributed by atoms with Gasteiger partial charge < -0.3 is 4.98 Å². The first kappa shape index (κ1) is 15.9. The predicted octanol–water partition coefficient (Wildman–Crippen LogP) is 4.37. The summed E-state index contributed by atoms with van der Waals surface area (Å²) in [6.45, 7) is 10.6. The second-order valence-corrected chi connectivity index (χ2v) is 7.16. The molecule has 1 aromatic carbocycles. The van der Waals surface area contributed by atoms with Crippen LogP contribution in [0.4, 0.5) is 0 Å². The molecule has 1 heterocycles. The Morgan fingerprint density at radius 1 is 1.43 bits per heavy atom. The fourth-order valence-electron chi connectivity index (χ4n) is 3.48. The second kappa shape index (κ2) is 5.60. The molecule has 0 saturated heterocycles. The number of nitrogens with zero attached hydrogens (tertiary/aromatic N) is 1. The van der Waals surface area contributed by atoms with Crippen LogP contribution in [0.5, 0.6) is 0 Å². The molecule has 2 aromatic rings.